The second-order valence-corrected chi connectivity index (χ2v) is 14.3. The van der Waals surface area contributed by atoms with Crippen molar-refractivity contribution < 1.29 is 43.8 Å². The molecular weight excluding hydrogens is 504 g/mol. The first-order chi connectivity index (χ1) is 18.6. The second kappa shape index (κ2) is 9.09. The first kappa shape index (κ1) is 27.0. The van der Waals surface area contributed by atoms with Crippen molar-refractivity contribution in [3.05, 3.63) is 0 Å². The molecule has 9 heteroatoms. The van der Waals surface area contributed by atoms with Crippen molar-refractivity contribution in [2.45, 2.75) is 126 Å². The number of esters is 1. The van der Waals surface area contributed by atoms with Crippen LogP contribution >= 0.6 is 0 Å². The molecule has 0 bridgehead atoms. The molecule has 3 heterocycles. The largest absolute Gasteiger partial charge is 0.462 e. The van der Waals surface area contributed by atoms with Gasteiger partial charge in [-0.2, -0.15) is 0 Å². The fraction of sp³-hybridized carbons (Fsp3) is 0.967. The van der Waals surface area contributed by atoms with Crippen molar-refractivity contribution in [2.24, 2.45) is 34.5 Å². The highest BCUT2D eigenvalue weighted by Gasteiger charge is 2.76. The number of carbonyl (C=O) groups is 1. The third-order valence-electron chi connectivity index (χ3n) is 13.1. The molecule has 0 radical (unpaired) electrons. The number of aliphatic hydroxyl groups excluding tert-OH is 2. The quantitative estimate of drug-likeness (QED) is 0.359. The summed E-state index contributed by atoms with van der Waals surface area (Å²) in [6, 6.07) is 0. The topological polar surface area (TPSA) is 124 Å². The summed E-state index contributed by atoms with van der Waals surface area (Å²) in [5.41, 5.74) is -1.42. The van der Waals surface area contributed by atoms with E-state index in [1.807, 2.05) is 0 Å². The molecule has 0 aromatic heterocycles. The monoisotopic (exact) mass is 550 g/mol. The molecule has 7 aliphatic rings. The molecule has 0 amide bonds. The number of methoxy groups -OCH3 is 1. The minimum absolute atomic E-state index is 0.0175. The van der Waals surface area contributed by atoms with Crippen LogP contribution in [0.3, 0.4) is 0 Å². The normalized spacial score (nSPS) is 58.5. The van der Waals surface area contributed by atoms with Gasteiger partial charge in [0.1, 0.15) is 30.5 Å². The molecule has 3 saturated heterocycles. The van der Waals surface area contributed by atoms with Gasteiger partial charge < -0.3 is 39.0 Å². The zero-order valence-corrected chi connectivity index (χ0v) is 23.5. The molecule has 220 valence electrons. The Kier molecular flexibility index (Phi) is 6.31. The van der Waals surface area contributed by atoms with Gasteiger partial charge in [0.15, 0.2) is 6.29 Å². The Morgan fingerprint density at radius 1 is 0.974 bits per heavy atom. The number of aliphatic hydroxyl groups is 3. The Bertz CT molecular complexity index is 991. The third-order valence-corrected chi connectivity index (χ3v) is 13.1. The van der Waals surface area contributed by atoms with Gasteiger partial charge in [0.2, 0.25) is 0 Å². The summed E-state index contributed by atoms with van der Waals surface area (Å²) in [4.78, 5) is 12.1. The molecule has 0 aromatic rings. The number of cyclic esters (lactones) is 1. The lowest BCUT2D eigenvalue weighted by molar-refractivity contribution is -0.313. The standard InChI is InChI=1S/C30H46O9/c1-16-23(32)25(35-3)24(33)26(38-16)39-18-6-9-27(2)17(12-18)4-5-20-19(27)7-10-28-14-37-29(13-22(31)36-15-29)21(28)8-11-30(20,28)34/h16-21,23-26,32-34H,4-15H2,1-3H3. The number of hydrogen-bond donors (Lipinski definition) is 3. The highest BCUT2D eigenvalue weighted by atomic mass is 16.7. The Morgan fingerprint density at radius 3 is 2.54 bits per heavy atom. The van der Waals surface area contributed by atoms with Crippen LogP contribution < -0.4 is 0 Å². The highest BCUT2D eigenvalue weighted by Crippen LogP contribution is 2.73. The van der Waals surface area contributed by atoms with E-state index in [4.69, 9.17) is 23.7 Å². The molecule has 2 spiro atoms. The Hall–Kier alpha value is -0.810. The smallest absolute Gasteiger partial charge is 0.308 e. The van der Waals surface area contributed by atoms with Crippen LogP contribution in [0.1, 0.15) is 78.1 Å². The van der Waals surface area contributed by atoms with E-state index < -0.39 is 41.9 Å². The lowest BCUT2D eigenvalue weighted by atomic mass is 9.43. The van der Waals surface area contributed by atoms with Crippen molar-refractivity contribution in [3.63, 3.8) is 0 Å². The average molecular weight is 551 g/mol. The SMILES string of the molecule is COC1C(O)C(C)OC(OC2CCC3(C)C(CCC4C3CCC35COC6(COC(=O)C6)C3CCC45O)C2)C1O. The molecule has 14 unspecified atom stereocenters. The number of carbonyl (C=O) groups excluding carboxylic acids is 1. The first-order valence-corrected chi connectivity index (χ1v) is 15.3. The maximum Gasteiger partial charge on any atom is 0.308 e. The van der Waals surface area contributed by atoms with Crippen LogP contribution in [0.5, 0.6) is 0 Å². The minimum Gasteiger partial charge on any atom is -0.462 e. The summed E-state index contributed by atoms with van der Waals surface area (Å²) in [5.74, 6) is 1.21. The summed E-state index contributed by atoms with van der Waals surface area (Å²) >= 11 is 0. The van der Waals surface area contributed by atoms with Crippen LogP contribution in [0.25, 0.3) is 0 Å². The van der Waals surface area contributed by atoms with E-state index in [0.29, 0.717) is 31.5 Å². The Morgan fingerprint density at radius 2 is 1.79 bits per heavy atom. The molecule has 14 atom stereocenters. The van der Waals surface area contributed by atoms with E-state index >= 15 is 0 Å². The molecule has 7 fully saturated rings. The van der Waals surface area contributed by atoms with Gasteiger partial charge in [-0.05, 0) is 87.9 Å². The molecule has 3 aliphatic heterocycles. The van der Waals surface area contributed by atoms with Gasteiger partial charge in [-0.15, -0.1) is 0 Å². The molecule has 4 aliphatic carbocycles. The van der Waals surface area contributed by atoms with Crippen LogP contribution in [0.4, 0.5) is 0 Å². The second-order valence-electron chi connectivity index (χ2n) is 14.3. The zero-order valence-electron chi connectivity index (χ0n) is 23.5. The minimum atomic E-state index is -1.04. The van der Waals surface area contributed by atoms with Crippen molar-refractivity contribution in [1.29, 1.82) is 0 Å². The van der Waals surface area contributed by atoms with E-state index in [2.05, 4.69) is 6.92 Å². The summed E-state index contributed by atoms with van der Waals surface area (Å²) in [6.45, 7) is 5.11. The maximum atomic E-state index is 12.6. The van der Waals surface area contributed by atoms with E-state index in [1.165, 1.54) is 7.11 Å². The fourth-order valence-corrected chi connectivity index (χ4v) is 11.0. The summed E-state index contributed by atoms with van der Waals surface area (Å²) in [6.07, 6.45) is 4.97. The number of fused-ring (bicyclic) bond motifs is 5. The average Bonchev–Trinajstić information content (AvgIpc) is 3.54. The molecule has 3 N–H and O–H groups in total. The van der Waals surface area contributed by atoms with Gasteiger partial charge in [-0.25, -0.2) is 0 Å². The molecule has 7 rings (SSSR count). The van der Waals surface area contributed by atoms with Crippen LogP contribution in [-0.4, -0.2) is 89.6 Å². The molecule has 4 saturated carbocycles. The van der Waals surface area contributed by atoms with E-state index in [1.54, 1.807) is 6.92 Å². The maximum absolute atomic E-state index is 12.6. The summed E-state index contributed by atoms with van der Waals surface area (Å²) < 4.78 is 29.4. The van der Waals surface area contributed by atoms with Gasteiger partial charge in [-0.1, -0.05) is 6.92 Å². The molecule has 9 nitrogen and oxygen atoms in total. The highest BCUT2D eigenvalue weighted by molar-refractivity contribution is 5.73. The lowest BCUT2D eigenvalue weighted by Gasteiger charge is -2.63. The fourth-order valence-electron chi connectivity index (χ4n) is 11.0. The Labute approximate surface area is 230 Å². The van der Waals surface area contributed by atoms with Crippen LogP contribution in [-0.2, 0) is 28.5 Å². The predicted molar refractivity (Wildman–Crippen MR) is 137 cm³/mol. The van der Waals surface area contributed by atoms with Gasteiger partial charge in [-0.3, -0.25) is 4.79 Å². The van der Waals surface area contributed by atoms with E-state index in [9.17, 15) is 20.1 Å². The van der Waals surface area contributed by atoms with Gasteiger partial charge in [0.05, 0.1) is 30.8 Å². The molecular formula is C30H46O9. The number of rotatable bonds is 3. The van der Waals surface area contributed by atoms with Crippen molar-refractivity contribution in [3.8, 4) is 0 Å². The van der Waals surface area contributed by atoms with Gasteiger partial charge in [0, 0.05) is 18.4 Å². The van der Waals surface area contributed by atoms with Gasteiger partial charge in [0.25, 0.3) is 0 Å². The van der Waals surface area contributed by atoms with Crippen LogP contribution in [0, 0.1) is 34.5 Å². The third kappa shape index (κ3) is 3.59. The van der Waals surface area contributed by atoms with E-state index in [-0.39, 0.29) is 34.7 Å². The first-order valence-electron chi connectivity index (χ1n) is 15.3. The van der Waals surface area contributed by atoms with Crippen molar-refractivity contribution in [1.82, 2.24) is 0 Å². The molecule has 39 heavy (non-hydrogen) atoms. The predicted octanol–water partition coefficient (Wildman–Crippen LogP) is 2.32. The Balaban J connectivity index is 1.06. The lowest BCUT2D eigenvalue weighted by Crippen LogP contribution is -2.64. The number of hydrogen-bond acceptors (Lipinski definition) is 9. The molecule has 0 aromatic carbocycles. The van der Waals surface area contributed by atoms with Crippen molar-refractivity contribution >= 4 is 5.97 Å². The number of ether oxygens (including phenoxy) is 5. The van der Waals surface area contributed by atoms with E-state index in [0.717, 1.165) is 57.8 Å². The zero-order chi connectivity index (χ0) is 27.4. The van der Waals surface area contributed by atoms with Crippen LogP contribution in [0.2, 0.25) is 0 Å². The van der Waals surface area contributed by atoms with Crippen LogP contribution in [0.15, 0.2) is 0 Å². The summed E-state index contributed by atoms with van der Waals surface area (Å²) in [7, 11) is 1.49. The van der Waals surface area contributed by atoms with Gasteiger partial charge >= 0.3 is 5.97 Å². The summed E-state index contributed by atoms with van der Waals surface area (Å²) in [5, 5.41) is 33.7. The van der Waals surface area contributed by atoms with Crippen molar-refractivity contribution in [2.75, 3.05) is 20.3 Å².